The molecule has 1 spiro atoms. The van der Waals surface area contributed by atoms with E-state index in [1.165, 1.54) is 4.90 Å². The molecule has 0 aromatic carbocycles. The lowest BCUT2D eigenvalue weighted by Gasteiger charge is -2.34. The topological polar surface area (TPSA) is 138 Å². The Bertz CT molecular complexity index is 910. The highest BCUT2D eigenvalue weighted by molar-refractivity contribution is 7.80. The summed E-state index contributed by atoms with van der Waals surface area (Å²) in [6.45, 7) is 8.46. The number of carbonyl (C=O) groups is 1. The van der Waals surface area contributed by atoms with E-state index in [2.05, 4.69) is 26.4 Å². The van der Waals surface area contributed by atoms with Crippen LogP contribution in [0.4, 0.5) is 4.79 Å². The number of nitrogens with one attached hydrogen (secondary N) is 1. The molecular weight excluding hydrogens is 390 g/mol. The third kappa shape index (κ3) is 3.35. The number of hydrogen-bond acceptors (Lipinski definition) is 8. The number of hydrogen-bond donors (Lipinski definition) is 2. The zero-order valence-electron chi connectivity index (χ0n) is 15.7. The summed E-state index contributed by atoms with van der Waals surface area (Å²) in [6.07, 6.45) is 2.25. The second kappa shape index (κ2) is 6.42. The predicted octanol–water partition coefficient (Wildman–Crippen LogP) is 1.36. The quantitative estimate of drug-likeness (QED) is 0.634. The Morgan fingerprint density at radius 2 is 2.21 bits per heavy atom. The van der Waals surface area contributed by atoms with Gasteiger partial charge < -0.3 is 14.6 Å². The van der Waals surface area contributed by atoms with Crippen LogP contribution in [0.3, 0.4) is 0 Å². The fraction of sp³-hybridized carbons (Fsp3) is 0.688. The molecule has 154 valence electrons. The second-order valence-electron chi connectivity index (χ2n) is 7.90. The molecule has 1 saturated carbocycles. The number of allylic oxidation sites excluding steroid dienone is 1. The minimum atomic E-state index is -4.79. The molecule has 0 radical (unpaired) electrons. The van der Waals surface area contributed by atoms with Gasteiger partial charge in [-0.2, -0.15) is 13.5 Å². The summed E-state index contributed by atoms with van der Waals surface area (Å²) in [7, 11) is -4.79. The van der Waals surface area contributed by atoms with Crippen LogP contribution >= 0.6 is 0 Å². The molecule has 3 aliphatic rings. The molecule has 3 fully saturated rings. The van der Waals surface area contributed by atoms with Crippen LogP contribution in [0, 0.1) is 5.41 Å². The number of fused-ring (bicyclic) bond motifs is 3. The molecule has 2 bridgehead atoms. The molecule has 0 unspecified atom stereocenters. The molecule has 4 rings (SSSR count). The third-order valence-corrected chi connectivity index (χ3v) is 6.06. The van der Waals surface area contributed by atoms with E-state index in [4.69, 9.17) is 8.97 Å². The van der Waals surface area contributed by atoms with Gasteiger partial charge in [0.05, 0.1) is 12.0 Å². The number of aromatic nitrogens is 2. The van der Waals surface area contributed by atoms with E-state index < -0.39 is 28.5 Å². The van der Waals surface area contributed by atoms with E-state index in [1.807, 2.05) is 13.8 Å². The number of urea groups is 1. The lowest BCUT2D eigenvalue weighted by molar-refractivity contribution is -0.0530. The van der Waals surface area contributed by atoms with Crippen molar-refractivity contribution in [3.05, 3.63) is 24.1 Å². The van der Waals surface area contributed by atoms with Gasteiger partial charge in [0.2, 0.25) is 11.8 Å². The van der Waals surface area contributed by atoms with Crippen molar-refractivity contribution >= 4 is 16.4 Å². The number of carbonyl (C=O) groups excluding carboxylic acids is 1. The Morgan fingerprint density at radius 3 is 2.82 bits per heavy atom. The Kier molecular flexibility index (Phi) is 4.39. The molecule has 2 N–H and O–H groups in total. The first-order valence-corrected chi connectivity index (χ1v) is 10.5. The summed E-state index contributed by atoms with van der Waals surface area (Å²) in [5.41, 5.74) is 0.571. The molecule has 3 heterocycles. The van der Waals surface area contributed by atoms with Crippen LogP contribution in [-0.4, -0.2) is 58.3 Å². The molecule has 1 aromatic rings. The van der Waals surface area contributed by atoms with Crippen molar-refractivity contribution in [2.75, 3.05) is 13.1 Å². The van der Waals surface area contributed by atoms with E-state index in [0.717, 1.165) is 23.6 Å². The molecule has 2 saturated heterocycles. The summed E-state index contributed by atoms with van der Waals surface area (Å²) in [5, 5.41) is 12.2. The van der Waals surface area contributed by atoms with Gasteiger partial charge in [-0.05, 0) is 31.6 Å². The van der Waals surface area contributed by atoms with Crippen LogP contribution in [0.15, 0.2) is 16.7 Å². The van der Waals surface area contributed by atoms with E-state index in [0.29, 0.717) is 24.7 Å². The average molecular weight is 413 g/mol. The van der Waals surface area contributed by atoms with Gasteiger partial charge in [-0.3, -0.25) is 4.55 Å². The smallest absolute Gasteiger partial charge is 0.418 e. The van der Waals surface area contributed by atoms with Gasteiger partial charge in [0, 0.05) is 18.8 Å². The normalized spacial score (nSPS) is 26.6. The summed E-state index contributed by atoms with van der Waals surface area (Å²) in [6, 6.07) is -1.52. The van der Waals surface area contributed by atoms with Crippen LogP contribution in [0.25, 0.3) is 0 Å². The maximum atomic E-state index is 12.7. The van der Waals surface area contributed by atoms with Gasteiger partial charge >= 0.3 is 16.4 Å². The van der Waals surface area contributed by atoms with E-state index >= 15 is 0 Å². The predicted molar refractivity (Wildman–Crippen MR) is 94.9 cm³/mol. The summed E-state index contributed by atoms with van der Waals surface area (Å²) in [5.74, 6) is 0.732. The van der Waals surface area contributed by atoms with Crippen molar-refractivity contribution in [3.63, 3.8) is 0 Å². The monoisotopic (exact) mass is 413 g/mol. The molecule has 12 heteroatoms. The molecule has 3 atom stereocenters. The number of nitrogens with zero attached hydrogens (tertiary/aromatic N) is 4. The fourth-order valence-corrected chi connectivity index (χ4v) is 4.40. The zero-order chi connectivity index (χ0) is 20.3. The van der Waals surface area contributed by atoms with Gasteiger partial charge in [0.15, 0.2) is 0 Å². The molecular formula is C16H23N5O6S. The van der Waals surface area contributed by atoms with Gasteiger partial charge in [-0.1, -0.05) is 13.5 Å². The lowest BCUT2D eigenvalue weighted by atomic mass is 9.85. The molecule has 1 aromatic heterocycles. The Labute approximate surface area is 162 Å². The van der Waals surface area contributed by atoms with Crippen molar-refractivity contribution in [1.29, 1.82) is 0 Å². The Morgan fingerprint density at radius 1 is 1.50 bits per heavy atom. The average Bonchev–Trinajstić information content (AvgIpc) is 3.09. The largest absolute Gasteiger partial charge is 0.423 e. The Balaban J connectivity index is 1.56. The van der Waals surface area contributed by atoms with Crippen molar-refractivity contribution in [1.82, 2.24) is 25.5 Å². The van der Waals surface area contributed by atoms with Crippen LogP contribution in [0.2, 0.25) is 0 Å². The van der Waals surface area contributed by atoms with Gasteiger partial charge in [-0.15, -0.1) is 14.5 Å². The van der Waals surface area contributed by atoms with Gasteiger partial charge in [-0.25, -0.2) is 4.79 Å². The van der Waals surface area contributed by atoms with Crippen molar-refractivity contribution in [2.45, 2.75) is 51.1 Å². The minimum Gasteiger partial charge on any atom is -0.423 e. The summed E-state index contributed by atoms with van der Waals surface area (Å²) >= 11 is 0. The first-order chi connectivity index (χ1) is 13.1. The lowest BCUT2D eigenvalue weighted by Crippen LogP contribution is -2.43. The van der Waals surface area contributed by atoms with Crippen LogP contribution in [-0.2, 0) is 14.7 Å². The van der Waals surface area contributed by atoms with Crippen molar-refractivity contribution in [3.8, 4) is 0 Å². The maximum Gasteiger partial charge on any atom is 0.418 e. The van der Waals surface area contributed by atoms with E-state index in [1.54, 1.807) is 0 Å². The minimum absolute atomic E-state index is 0.0437. The number of piperidine rings is 1. The van der Waals surface area contributed by atoms with Crippen LogP contribution in [0.1, 0.15) is 56.9 Å². The highest BCUT2D eigenvalue weighted by Gasteiger charge is 2.64. The summed E-state index contributed by atoms with van der Waals surface area (Å²) < 4.78 is 41.8. The Hall–Kier alpha value is -2.18. The second-order valence-corrected chi connectivity index (χ2v) is 8.91. The summed E-state index contributed by atoms with van der Waals surface area (Å²) in [4.78, 5) is 14.2. The van der Waals surface area contributed by atoms with Crippen LogP contribution < -0.4 is 5.32 Å². The van der Waals surface area contributed by atoms with Crippen LogP contribution in [0.5, 0.6) is 0 Å². The van der Waals surface area contributed by atoms with E-state index in [-0.39, 0.29) is 17.9 Å². The number of hydroxylamine groups is 2. The standard InChI is InChI=1S/C16H23N5O6S/c1-9(2)17-7-10(3)13-18-19-14(26-13)11-6-16(4-5-16)12-8-20(11)15(22)21(12)27-28(23,24)25/h10-12,17H,1,4-8H2,2-3H3,(H,23,24,25)/t10-,11+,12+/m1/s1. The maximum absolute atomic E-state index is 12.7. The highest BCUT2D eigenvalue weighted by Crippen LogP contribution is 2.61. The third-order valence-electron chi connectivity index (χ3n) is 5.71. The molecule has 11 nitrogen and oxygen atoms in total. The van der Waals surface area contributed by atoms with Gasteiger partial charge in [0.25, 0.3) is 0 Å². The van der Waals surface area contributed by atoms with Gasteiger partial charge in [0.1, 0.15) is 6.04 Å². The van der Waals surface area contributed by atoms with Crippen molar-refractivity contribution < 1.29 is 26.5 Å². The highest BCUT2D eigenvalue weighted by atomic mass is 32.3. The molecule has 1 aliphatic carbocycles. The van der Waals surface area contributed by atoms with Crippen molar-refractivity contribution in [2.24, 2.45) is 5.41 Å². The number of amides is 2. The fourth-order valence-electron chi connectivity index (χ4n) is 4.03. The first-order valence-electron chi connectivity index (χ1n) is 9.09. The molecule has 2 amide bonds. The van der Waals surface area contributed by atoms with E-state index in [9.17, 15) is 13.2 Å². The molecule has 2 aliphatic heterocycles. The number of rotatable bonds is 7. The SMILES string of the molecule is C=C(C)NC[C@@H](C)c1nnc([C@@H]2CC3(CC3)[C@@H]3CN2C(=O)N3OS(=O)(=O)O)o1. The molecule has 28 heavy (non-hydrogen) atoms. The zero-order valence-corrected chi connectivity index (χ0v) is 16.5. The first kappa shape index (κ1) is 19.2.